The van der Waals surface area contributed by atoms with E-state index >= 15 is 0 Å². The van der Waals surface area contributed by atoms with Crippen molar-refractivity contribution < 1.29 is 14.8 Å². The lowest BCUT2D eigenvalue weighted by atomic mass is 10.1. The van der Waals surface area contributed by atoms with E-state index in [1.165, 1.54) is 28.6 Å². The smallest absolute Gasteiger partial charge is 0.342 e. The maximum atomic E-state index is 11.1. The van der Waals surface area contributed by atoms with Crippen molar-refractivity contribution in [2.24, 2.45) is 0 Å². The molecule has 0 atom stereocenters. The quantitative estimate of drug-likeness (QED) is 0.650. The third-order valence-corrected chi connectivity index (χ3v) is 4.26. The van der Waals surface area contributed by atoms with E-state index in [1.807, 2.05) is 13.8 Å². The van der Waals surface area contributed by atoms with Crippen LogP contribution in [0.15, 0.2) is 24.3 Å². The number of hydrogen-bond donors (Lipinski definition) is 2. The molecule has 6 nitrogen and oxygen atoms in total. The van der Waals surface area contributed by atoms with Gasteiger partial charge in [0.2, 0.25) is 0 Å². The van der Waals surface area contributed by atoms with Crippen molar-refractivity contribution in [3.63, 3.8) is 0 Å². The summed E-state index contributed by atoms with van der Waals surface area (Å²) in [6, 6.07) is 6.07. The number of carboxylic acids is 1. The van der Waals surface area contributed by atoms with E-state index in [1.54, 1.807) is 11.3 Å². The highest BCUT2D eigenvalue weighted by Crippen LogP contribution is 2.25. The zero-order chi connectivity index (χ0) is 15.6. The van der Waals surface area contributed by atoms with Crippen molar-refractivity contribution in [3.05, 3.63) is 55.3 Å². The normalized spacial score (nSPS) is 10.4. The Morgan fingerprint density at radius 2 is 2.10 bits per heavy atom. The fourth-order valence-corrected chi connectivity index (χ4v) is 2.90. The van der Waals surface area contributed by atoms with Gasteiger partial charge >= 0.3 is 5.97 Å². The van der Waals surface area contributed by atoms with Gasteiger partial charge in [0, 0.05) is 28.1 Å². The first-order valence-corrected chi connectivity index (χ1v) is 7.01. The van der Waals surface area contributed by atoms with Crippen molar-refractivity contribution in [1.82, 2.24) is 0 Å². The van der Waals surface area contributed by atoms with E-state index in [9.17, 15) is 14.9 Å². The molecule has 2 rings (SSSR count). The summed E-state index contributed by atoms with van der Waals surface area (Å²) in [6.07, 6.45) is 0. The minimum absolute atomic E-state index is 0.316. The average Bonchev–Trinajstić information content (AvgIpc) is 2.75. The van der Waals surface area contributed by atoms with Gasteiger partial charge in [-0.25, -0.2) is 4.79 Å². The molecule has 1 aromatic heterocycles. The van der Waals surface area contributed by atoms with Gasteiger partial charge in [-0.05, 0) is 37.6 Å². The SMILES string of the molecule is Cc1cc(CNc2ccc([N+](=O)[O-])c(C(=O)O)c2)sc1C. The molecular weight excluding hydrogens is 292 g/mol. The first-order chi connectivity index (χ1) is 9.88. The molecule has 0 saturated heterocycles. The van der Waals surface area contributed by atoms with Gasteiger partial charge < -0.3 is 10.4 Å². The summed E-state index contributed by atoms with van der Waals surface area (Å²) in [5.41, 5.74) is 1.04. The van der Waals surface area contributed by atoms with Crippen LogP contribution in [0.4, 0.5) is 11.4 Å². The van der Waals surface area contributed by atoms with Crippen molar-refractivity contribution >= 4 is 28.7 Å². The van der Waals surface area contributed by atoms with Crippen LogP contribution in [0.2, 0.25) is 0 Å². The number of aromatic carboxylic acids is 1. The first-order valence-electron chi connectivity index (χ1n) is 6.20. The van der Waals surface area contributed by atoms with Crippen LogP contribution < -0.4 is 5.32 Å². The highest BCUT2D eigenvalue weighted by molar-refractivity contribution is 7.12. The molecular formula is C14H14N2O4S. The second-order valence-corrected chi connectivity index (χ2v) is 5.94. The molecule has 0 unspecified atom stereocenters. The molecule has 21 heavy (non-hydrogen) atoms. The van der Waals surface area contributed by atoms with E-state index < -0.39 is 16.6 Å². The maximum Gasteiger partial charge on any atom is 0.342 e. The number of hydrogen-bond acceptors (Lipinski definition) is 5. The van der Waals surface area contributed by atoms with Gasteiger partial charge in [0.1, 0.15) is 5.56 Å². The molecule has 0 amide bonds. The summed E-state index contributed by atoms with van der Waals surface area (Å²) in [5.74, 6) is -1.31. The topological polar surface area (TPSA) is 92.5 Å². The van der Waals surface area contributed by atoms with Crippen molar-refractivity contribution in [2.75, 3.05) is 5.32 Å². The van der Waals surface area contributed by atoms with Crippen molar-refractivity contribution in [1.29, 1.82) is 0 Å². The van der Waals surface area contributed by atoms with Crippen LogP contribution in [-0.2, 0) is 6.54 Å². The first kappa shape index (κ1) is 15.0. The number of nitro benzene ring substituents is 1. The van der Waals surface area contributed by atoms with Gasteiger partial charge in [-0.2, -0.15) is 0 Å². The van der Waals surface area contributed by atoms with E-state index in [0.717, 1.165) is 4.88 Å². The predicted molar refractivity (Wildman–Crippen MR) is 81.2 cm³/mol. The minimum Gasteiger partial charge on any atom is -0.477 e. The Labute approximate surface area is 125 Å². The Kier molecular flexibility index (Phi) is 4.23. The van der Waals surface area contributed by atoms with Crippen LogP contribution in [0.3, 0.4) is 0 Å². The third-order valence-electron chi connectivity index (χ3n) is 3.11. The standard InChI is InChI=1S/C14H14N2O4S/c1-8-5-11(21-9(8)2)7-15-10-3-4-13(16(19)20)12(6-10)14(17)18/h3-6,15H,7H2,1-2H3,(H,17,18). The van der Waals surface area contributed by atoms with Crippen LogP contribution in [-0.4, -0.2) is 16.0 Å². The molecule has 2 N–H and O–H groups in total. The summed E-state index contributed by atoms with van der Waals surface area (Å²) >= 11 is 1.67. The third kappa shape index (κ3) is 3.38. The van der Waals surface area contributed by atoms with E-state index in [2.05, 4.69) is 11.4 Å². The number of nitrogens with zero attached hydrogens (tertiary/aromatic N) is 1. The second-order valence-electron chi connectivity index (χ2n) is 4.60. The van der Waals surface area contributed by atoms with Gasteiger partial charge in [-0.1, -0.05) is 0 Å². The van der Waals surface area contributed by atoms with Gasteiger partial charge in [0.25, 0.3) is 5.69 Å². The van der Waals surface area contributed by atoms with E-state index in [4.69, 9.17) is 5.11 Å². The van der Waals surface area contributed by atoms with Gasteiger partial charge in [-0.15, -0.1) is 11.3 Å². The summed E-state index contributed by atoms with van der Waals surface area (Å²) in [6.45, 7) is 4.62. The van der Waals surface area contributed by atoms with Crippen molar-refractivity contribution in [3.8, 4) is 0 Å². The number of aryl methyl sites for hydroxylation is 2. The number of benzene rings is 1. The number of rotatable bonds is 5. The molecule has 0 radical (unpaired) electrons. The summed E-state index contributed by atoms with van der Waals surface area (Å²) < 4.78 is 0. The van der Waals surface area contributed by atoms with Crippen LogP contribution >= 0.6 is 11.3 Å². The van der Waals surface area contributed by atoms with Crippen LogP contribution in [0.1, 0.15) is 25.7 Å². The highest BCUT2D eigenvalue weighted by atomic mass is 32.1. The second kappa shape index (κ2) is 5.92. The van der Waals surface area contributed by atoms with Gasteiger partial charge in [-0.3, -0.25) is 10.1 Å². The summed E-state index contributed by atoms with van der Waals surface area (Å²) in [7, 11) is 0. The molecule has 0 aliphatic heterocycles. The van der Waals surface area contributed by atoms with Crippen LogP contribution in [0, 0.1) is 24.0 Å². The molecule has 0 fully saturated rings. The number of carbonyl (C=O) groups is 1. The Balaban J connectivity index is 2.19. The lowest BCUT2D eigenvalue weighted by Gasteiger charge is -2.06. The van der Waals surface area contributed by atoms with Gasteiger partial charge in [0.15, 0.2) is 0 Å². The Morgan fingerprint density at radius 3 is 2.62 bits per heavy atom. The zero-order valence-electron chi connectivity index (χ0n) is 11.5. The monoisotopic (exact) mass is 306 g/mol. The molecule has 7 heteroatoms. The predicted octanol–water partition coefficient (Wildman–Crippen LogP) is 3.58. The molecule has 0 bridgehead atoms. The fraction of sp³-hybridized carbons (Fsp3) is 0.214. The number of anilines is 1. The Morgan fingerprint density at radius 1 is 1.38 bits per heavy atom. The van der Waals surface area contributed by atoms with Crippen molar-refractivity contribution in [2.45, 2.75) is 20.4 Å². The zero-order valence-corrected chi connectivity index (χ0v) is 12.4. The fourth-order valence-electron chi connectivity index (χ4n) is 1.90. The van der Waals surface area contributed by atoms with Crippen LogP contribution in [0.25, 0.3) is 0 Å². The average molecular weight is 306 g/mol. The number of nitro groups is 1. The minimum atomic E-state index is -1.31. The molecule has 1 heterocycles. The maximum absolute atomic E-state index is 11.1. The molecule has 2 aromatic rings. The largest absolute Gasteiger partial charge is 0.477 e. The summed E-state index contributed by atoms with van der Waals surface area (Å²) in [4.78, 5) is 23.5. The molecule has 0 aliphatic rings. The lowest BCUT2D eigenvalue weighted by molar-refractivity contribution is -0.385. The number of nitrogens with one attached hydrogen (secondary N) is 1. The van der Waals surface area contributed by atoms with Crippen LogP contribution in [0.5, 0.6) is 0 Å². The molecule has 0 aliphatic carbocycles. The van der Waals surface area contributed by atoms with Gasteiger partial charge in [0.05, 0.1) is 4.92 Å². The number of thiophene rings is 1. The molecule has 0 saturated carbocycles. The molecule has 0 spiro atoms. The Hall–Kier alpha value is -2.41. The lowest BCUT2D eigenvalue weighted by Crippen LogP contribution is -2.05. The number of carboxylic acid groups (broad SMARTS) is 1. The Bertz CT molecular complexity index is 689. The highest BCUT2D eigenvalue weighted by Gasteiger charge is 2.19. The van der Waals surface area contributed by atoms with E-state index in [-0.39, 0.29) is 5.56 Å². The van der Waals surface area contributed by atoms with E-state index in [0.29, 0.717) is 12.2 Å². The summed E-state index contributed by atoms with van der Waals surface area (Å²) in [5, 5.41) is 22.9. The molecule has 1 aromatic carbocycles. The molecule has 110 valence electrons.